The molecule has 96 valence electrons. The smallest absolute Gasteiger partial charge is 0.296 e. The molecule has 0 aliphatic rings. The summed E-state index contributed by atoms with van der Waals surface area (Å²) < 4.78 is 10.4. The third kappa shape index (κ3) is 4.09. The predicted octanol–water partition coefficient (Wildman–Crippen LogP) is 1.28. The van der Waals surface area contributed by atoms with Crippen molar-refractivity contribution in [2.75, 3.05) is 13.2 Å². The van der Waals surface area contributed by atoms with Crippen LogP contribution in [0.25, 0.3) is 0 Å². The molecular weight excluding hydrogens is 218 g/mol. The van der Waals surface area contributed by atoms with Gasteiger partial charge in [-0.2, -0.15) is 0 Å². The molecule has 0 amide bonds. The van der Waals surface area contributed by atoms with E-state index in [9.17, 15) is 5.11 Å². The maximum atomic E-state index is 10.2. The van der Waals surface area contributed by atoms with Gasteiger partial charge in [0.05, 0.1) is 6.04 Å². The zero-order chi connectivity index (χ0) is 12.7. The van der Waals surface area contributed by atoms with Crippen LogP contribution < -0.4 is 5.73 Å². The molecule has 0 saturated carbocycles. The largest absolute Gasteiger partial charge is 0.342 e. The third-order valence-electron chi connectivity index (χ3n) is 2.47. The van der Waals surface area contributed by atoms with Gasteiger partial charge in [-0.3, -0.25) is 0 Å². The van der Waals surface area contributed by atoms with Crippen LogP contribution in [0.2, 0.25) is 0 Å². The van der Waals surface area contributed by atoms with E-state index in [4.69, 9.17) is 15.2 Å². The monoisotopic (exact) mass is 239 g/mol. The van der Waals surface area contributed by atoms with Gasteiger partial charge >= 0.3 is 0 Å². The molecule has 0 bridgehead atoms. The molecule has 0 spiro atoms. The Bertz CT molecular complexity index is 310. The van der Waals surface area contributed by atoms with Crippen molar-refractivity contribution in [3.05, 3.63) is 35.9 Å². The molecule has 0 fully saturated rings. The SMILES string of the molecule is CCOC(O)(OCC)[C@@H](N)Cc1ccccc1. The quantitative estimate of drug-likeness (QED) is 0.703. The van der Waals surface area contributed by atoms with Crippen molar-refractivity contribution >= 4 is 0 Å². The summed E-state index contributed by atoms with van der Waals surface area (Å²) in [5, 5.41) is 10.2. The molecule has 0 aliphatic carbocycles. The maximum absolute atomic E-state index is 10.2. The second kappa shape index (κ2) is 6.71. The van der Waals surface area contributed by atoms with Crippen LogP contribution in [-0.4, -0.2) is 30.3 Å². The van der Waals surface area contributed by atoms with E-state index in [2.05, 4.69) is 0 Å². The zero-order valence-corrected chi connectivity index (χ0v) is 10.4. The van der Waals surface area contributed by atoms with E-state index in [1.54, 1.807) is 13.8 Å². The molecule has 1 aromatic carbocycles. The van der Waals surface area contributed by atoms with Crippen LogP contribution in [0.3, 0.4) is 0 Å². The van der Waals surface area contributed by atoms with E-state index < -0.39 is 12.0 Å². The fourth-order valence-electron chi connectivity index (χ4n) is 1.67. The lowest BCUT2D eigenvalue weighted by Gasteiger charge is -2.32. The molecule has 3 N–H and O–H groups in total. The van der Waals surface area contributed by atoms with Gasteiger partial charge < -0.3 is 20.3 Å². The van der Waals surface area contributed by atoms with Gasteiger partial charge in [0.1, 0.15) is 0 Å². The Morgan fingerprint density at radius 2 is 1.71 bits per heavy atom. The summed E-state index contributed by atoms with van der Waals surface area (Å²) in [6.45, 7) is 4.27. The first kappa shape index (κ1) is 14.1. The normalized spacial score (nSPS) is 13.6. The van der Waals surface area contributed by atoms with Crippen molar-refractivity contribution in [2.45, 2.75) is 32.3 Å². The lowest BCUT2D eigenvalue weighted by atomic mass is 10.1. The number of ether oxygens (including phenoxy) is 2. The van der Waals surface area contributed by atoms with Crippen molar-refractivity contribution in [3.63, 3.8) is 0 Å². The second-order valence-corrected chi connectivity index (χ2v) is 3.79. The van der Waals surface area contributed by atoms with Crippen molar-refractivity contribution in [1.29, 1.82) is 0 Å². The number of nitrogens with two attached hydrogens (primary N) is 1. The number of aliphatic hydroxyl groups is 1. The molecule has 4 nitrogen and oxygen atoms in total. The number of rotatable bonds is 7. The van der Waals surface area contributed by atoms with E-state index >= 15 is 0 Å². The highest BCUT2D eigenvalue weighted by atomic mass is 16.8. The minimum atomic E-state index is -1.71. The lowest BCUT2D eigenvalue weighted by molar-refractivity contribution is -0.367. The first-order chi connectivity index (χ1) is 8.12. The summed E-state index contributed by atoms with van der Waals surface area (Å²) in [6.07, 6.45) is 0.497. The zero-order valence-electron chi connectivity index (χ0n) is 10.4. The van der Waals surface area contributed by atoms with Gasteiger partial charge in [0.25, 0.3) is 5.97 Å². The van der Waals surface area contributed by atoms with Crippen molar-refractivity contribution < 1.29 is 14.6 Å². The van der Waals surface area contributed by atoms with Crippen molar-refractivity contribution in [3.8, 4) is 0 Å². The highest BCUT2D eigenvalue weighted by Gasteiger charge is 2.36. The third-order valence-corrected chi connectivity index (χ3v) is 2.47. The predicted molar refractivity (Wildman–Crippen MR) is 66.3 cm³/mol. The molecule has 0 aromatic heterocycles. The Hall–Kier alpha value is -0.940. The standard InChI is InChI=1S/C13H21NO3/c1-3-16-13(15,17-4-2)12(14)10-11-8-6-5-7-9-11/h5-9,12,15H,3-4,10,14H2,1-2H3/t12-/m0/s1. The molecule has 1 rings (SSSR count). The van der Waals surface area contributed by atoms with Crippen LogP contribution in [0.1, 0.15) is 19.4 Å². The lowest BCUT2D eigenvalue weighted by Crippen LogP contribution is -2.53. The van der Waals surface area contributed by atoms with Crippen LogP contribution in [0.4, 0.5) is 0 Å². The van der Waals surface area contributed by atoms with Gasteiger partial charge in [0.15, 0.2) is 0 Å². The summed E-state index contributed by atoms with van der Waals surface area (Å²) >= 11 is 0. The van der Waals surface area contributed by atoms with Crippen LogP contribution in [0, 0.1) is 0 Å². The van der Waals surface area contributed by atoms with Gasteiger partial charge in [0, 0.05) is 13.2 Å². The van der Waals surface area contributed by atoms with E-state index in [0.29, 0.717) is 19.6 Å². The highest BCUT2D eigenvalue weighted by Crippen LogP contribution is 2.17. The van der Waals surface area contributed by atoms with Crippen LogP contribution in [-0.2, 0) is 15.9 Å². The van der Waals surface area contributed by atoms with Gasteiger partial charge in [-0.15, -0.1) is 0 Å². The molecular formula is C13H21NO3. The van der Waals surface area contributed by atoms with E-state index in [1.165, 1.54) is 0 Å². The summed E-state index contributed by atoms with van der Waals surface area (Å²) in [7, 11) is 0. The number of hydrogen-bond donors (Lipinski definition) is 2. The van der Waals surface area contributed by atoms with Gasteiger partial charge in [-0.05, 0) is 25.8 Å². The maximum Gasteiger partial charge on any atom is 0.296 e. The van der Waals surface area contributed by atoms with E-state index in [1.807, 2.05) is 30.3 Å². The molecule has 0 saturated heterocycles. The van der Waals surface area contributed by atoms with Gasteiger partial charge in [-0.1, -0.05) is 30.3 Å². The van der Waals surface area contributed by atoms with Crippen LogP contribution in [0.15, 0.2) is 30.3 Å². The van der Waals surface area contributed by atoms with Crippen molar-refractivity contribution in [1.82, 2.24) is 0 Å². The van der Waals surface area contributed by atoms with E-state index in [0.717, 1.165) is 5.56 Å². The minimum Gasteiger partial charge on any atom is -0.342 e. The first-order valence-electron chi connectivity index (χ1n) is 5.92. The Morgan fingerprint density at radius 3 is 2.18 bits per heavy atom. The number of hydrogen-bond acceptors (Lipinski definition) is 4. The average molecular weight is 239 g/mol. The topological polar surface area (TPSA) is 64.7 Å². The molecule has 4 heteroatoms. The fourth-order valence-corrected chi connectivity index (χ4v) is 1.67. The fraction of sp³-hybridized carbons (Fsp3) is 0.538. The molecule has 0 heterocycles. The Balaban J connectivity index is 2.68. The number of benzene rings is 1. The molecule has 1 atom stereocenters. The molecule has 17 heavy (non-hydrogen) atoms. The van der Waals surface area contributed by atoms with Gasteiger partial charge in [0.2, 0.25) is 0 Å². The summed E-state index contributed by atoms with van der Waals surface area (Å²) in [5.41, 5.74) is 7.00. The molecule has 1 aromatic rings. The van der Waals surface area contributed by atoms with Gasteiger partial charge in [-0.25, -0.2) is 0 Å². The Labute approximate surface area is 102 Å². The first-order valence-corrected chi connectivity index (χ1v) is 5.92. The van der Waals surface area contributed by atoms with Crippen LogP contribution in [0.5, 0.6) is 0 Å². The van der Waals surface area contributed by atoms with E-state index in [-0.39, 0.29) is 0 Å². The Morgan fingerprint density at radius 1 is 1.18 bits per heavy atom. The summed E-state index contributed by atoms with van der Waals surface area (Å²) in [6, 6.07) is 9.10. The minimum absolute atomic E-state index is 0.346. The highest BCUT2D eigenvalue weighted by molar-refractivity contribution is 5.16. The Kier molecular flexibility index (Phi) is 5.58. The molecule has 0 unspecified atom stereocenters. The average Bonchev–Trinajstić information content (AvgIpc) is 2.31. The summed E-state index contributed by atoms with van der Waals surface area (Å²) in [5.74, 6) is -1.71. The molecule has 0 aliphatic heterocycles. The molecule has 0 radical (unpaired) electrons. The van der Waals surface area contributed by atoms with Crippen LogP contribution >= 0.6 is 0 Å². The van der Waals surface area contributed by atoms with Crippen molar-refractivity contribution in [2.24, 2.45) is 5.73 Å². The second-order valence-electron chi connectivity index (χ2n) is 3.79. The summed E-state index contributed by atoms with van der Waals surface area (Å²) in [4.78, 5) is 0.